The first kappa shape index (κ1) is 12.5. The average molecular weight is 238 g/mol. The lowest BCUT2D eigenvalue weighted by atomic mass is 9.98. The molecule has 0 fully saturated rings. The predicted molar refractivity (Wildman–Crippen MR) is 74.3 cm³/mol. The summed E-state index contributed by atoms with van der Waals surface area (Å²) in [5.74, 6) is 0.871. The van der Waals surface area contributed by atoms with Crippen LogP contribution in [0.2, 0.25) is 0 Å². The zero-order chi connectivity index (χ0) is 13.1. The van der Waals surface area contributed by atoms with E-state index < -0.39 is 0 Å². The molecule has 2 radical (unpaired) electrons. The summed E-state index contributed by atoms with van der Waals surface area (Å²) < 4.78 is 5.83. The number of hydrogen-bond acceptors (Lipinski definition) is 3. The van der Waals surface area contributed by atoms with Gasteiger partial charge < -0.3 is 10.5 Å². The molecule has 1 unspecified atom stereocenters. The Morgan fingerprint density at radius 2 is 2.06 bits per heavy atom. The summed E-state index contributed by atoms with van der Waals surface area (Å²) in [6.07, 6.45) is 1.41. The van der Waals surface area contributed by atoms with Crippen LogP contribution in [0.1, 0.15) is 24.2 Å². The molecular formula is C14H15BN2O. The highest BCUT2D eigenvalue weighted by Crippen LogP contribution is 2.26. The number of nitrogen functional groups attached to an aromatic ring is 1. The molecule has 0 saturated heterocycles. The van der Waals surface area contributed by atoms with Gasteiger partial charge >= 0.3 is 0 Å². The van der Waals surface area contributed by atoms with Crippen LogP contribution in [0.15, 0.2) is 36.5 Å². The van der Waals surface area contributed by atoms with E-state index >= 15 is 0 Å². The fourth-order valence-corrected chi connectivity index (χ4v) is 1.86. The Morgan fingerprint density at radius 1 is 1.33 bits per heavy atom. The molecule has 90 valence electrons. The van der Waals surface area contributed by atoms with Gasteiger partial charge in [-0.3, -0.25) is 0 Å². The third-order valence-electron chi connectivity index (χ3n) is 2.83. The first-order valence-corrected chi connectivity index (χ1v) is 5.81. The van der Waals surface area contributed by atoms with Crippen LogP contribution >= 0.6 is 0 Å². The first-order valence-electron chi connectivity index (χ1n) is 5.81. The number of benzene rings is 1. The lowest BCUT2D eigenvalue weighted by Gasteiger charge is -2.18. The number of nitrogens with zero attached hydrogens (tertiary/aromatic N) is 1. The van der Waals surface area contributed by atoms with Crippen molar-refractivity contribution in [1.82, 2.24) is 4.98 Å². The molecule has 1 heterocycles. The van der Waals surface area contributed by atoms with E-state index in [1.807, 2.05) is 25.1 Å². The molecule has 2 aromatic rings. The Labute approximate surface area is 108 Å². The van der Waals surface area contributed by atoms with Gasteiger partial charge in [0.2, 0.25) is 0 Å². The summed E-state index contributed by atoms with van der Waals surface area (Å²) in [4.78, 5) is 3.98. The summed E-state index contributed by atoms with van der Waals surface area (Å²) in [6, 6.07) is 9.77. The van der Waals surface area contributed by atoms with E-state index in [1.165, 1.54) is 11.8 Å². The molecule has 0 bridgehead atoms. The minimum absolute atomic E-state index is 0.0999. The number of hydrogen-bond donors (Lipinski definition) is 1. The van der Waals surface area contributed by atoms with Crippen molar-refractivity contribution < 1.29 is 4.74 Å². The van der Waals surface area contributed by atoms with Crippen molar-refractivity contribution in [3.8, 4) is 5.75 Å². The van der Waals surface area contributed by atoms with E-state index in [4.69, 9.17) is 18.3 Å². The second kappa shape index (κ2) is 5.13. The third kappa shape index (κ3) is 2.64. The van der Waals surface area contributed by atoms with Crippen LogP contribution in [-0.4, -0.2) is 12.8 Å². The van der Waals surface area contributed by atoms with Crippen molar-refractivity contribution in [2.45, 2.75) is 20.0 Å². The van der Waals surface area contributed by atoms with E-state index in [-0.39, 0.29) is 6.10 Å². The minimum atomic E-state index is -0.0999. The molecule has 1 atom stereocenters. The molecule has 0 aliphatic rings. The zero-order valence-electron chi connectivity index (χ0n) is 10.6. The maximum Gasteiger partial charge on any atom is 0.166 e. The van der Waals surface area contributed by atoms with Crippen molar-refractivity contribution in [3.05, 3.63) is 47.7 Å². The molecule has 0 aliphatic heterocycles. The third-order valence-corrected chi connectivity index (χ3v) is 2.83. The van der Waals surface area contributed by atoms with Crippen molar-refractivity contribution >= 4 is 19.1 Å². The van der Waals surface area contributed by atoms with Gasteiger partial charge in [-0.25, -0.2) is 4.98 Å². The van der Waals surface area contributed by atoms with Gasteiger partial charge in [-0.15, -0.1) is 0 Å². The lowest BCUT2D eigenvalue weighted by Crippen LogP contribution is -2.11. The standard InChI is InChI=1S/C14H15BN2O/c1-9-5-3-4-6-12(9)10(2)18-13-7-11(15)8-17-14(13)16/h3-8,10H,1-2H3,(H2,16,17). The van der Waals surface area contributed by atoms with Crippen LogP contribution in [0.25, 0.3) is 0 Å². The minimum Gasteiger partial charge on any atom is -0.482 e. The highest BCUT2D eigenvalue weighted by atomic mass is 16.5. The van der Waals surface area contributed by atoms with Crippen LogP contribution in [-0.2, 0) is 0 Å². The Kier molecular flexibility index (Phi) is 3.56. The number of rotatable bonds is 3. The topological polar surface area (TPSA) is 48.1 Å². The van der Waals surface area contributed by atoms with E-state index in [0.29, 0.717) is 17.0 Å². The van der Waals surface area contributed by atoms with Gasteiger partial charge in [0.05, 0.1) is 0 Å². The van der Waals surface area contributed by atoms with Crippen LogP contribution < -0.4 is 15.9 Å². The van der Waals surface area contributed by atoms with Gasteiger partial charge in [-0.1, -0.05) is 29.7 Å². The number of nitrogens with two attached hydrogens (primary N) is 1. The number of pyridine rings is 1. The Hall–Kier alpha value is -1.97. The zero-order valence-corrected chi connectivity index (χ0v) is 10.6. The molecule has 1 aromatic carbocycles. The van der Waals surface area contributed by atoms with Gasteiger partial charge in [-0.2, -0.15) is 0 Å². The average Bonchev–Trinajstić information content (AvgIpc) is 2.34. The van der Waals surface area contributed by atoms with Gasteiger partial charge in [0.15, 0.2) is 11.6 Å². The maximum absolute atomic E-state index is 5.83. The maximum atomic E-state index is 5.83. The second-order valence-corrected chi connectivity index (χ2v) is 4.27. The number of anilines is 1. The monoisotopic (exact) mass is 238 g/mol. The number of aromatic nitrogens is 1. The molecule has 1 aromatic heterocycles. The van der Waals surface area contributed by atoms with E-state index in [1.54, 1.807) is 6.07 Å². The van der Waals surface area contributed by atoms with Gasteiger partial charge in [0, 0.05) is 6.20 Å². The fraction of sp³-hybridized carbons (Fsp3) is 0.214. The molecule has 0 saturated carbocycles. The van der Waals surface area contributed by atoms with Gasteiger partial charge in [-0.05, 0) is 31.0 Å². The summed E-state index contributed by atoms with van der Waals surface area (Å²) in [5, 5.41) is 0. The number of aryl methyl sites for hydroxylation is 1. The summed E-state index contributed by atoms with van der Waals surface area (Å²) in [7, 11) is 5.67. The summed E-state index contributed by atoms with van der Waals surface area (Å²) >= 11 is 0. The first-order chi connectivity index (χ1) is 8.58. The van der Waals surface area contributed by atoms with Crippen LogP contribution in [0.5, 0.6) is 5.75 Å². The van der Waals surface area contributed by atoms with Crippen molar-refractivity contribution in [1.29, 1.82) is 0 Å². The molecule has 2 N–H and O–H groups in total. The fourth-order valence-electron chi connectivity index (χ4n) is 1.86. The van der Waals surface area contributed by atoms with Crippen LogP contribution in [0, 0.1) is 6.92 Å². The molecule has 3 nitrogen and oxygen atoms in total. The Bertz CT molecular complexity index is 557. The number of ether oxygens (including phenoxy) is 1. The molecule has 0 amide bonds. The smallest absolute Gasteiger partial charge is 0.166 e. The molecule has 0 aliphatic carbocycles. The molecule has 0 spiro atoms. The molecule has 2 rings (SSSR count). The molecule has 4 heteroatoms. The normalized spacial score (nSPS) is 12.1. The van der Waals surface area contributed by atoms with Crippen LogP contribution in [0.4, 0.5) is 5.82 Å². The lowest BCUT2D eigenvalue weighted by molar-refractivity contribution is 0.227. The highest BCUT2D eigenvalue weighted by Gasteiger charge is 2.11. The highest BCUT2D eigenvalue weighted by molar-refractivity contribution is 6.32. The van der Waals surface area contributed by atoms with Gasteiger partial charge in [0.25, 0.3) is 0 Å². The van der Waals surface area contributed by atoms with E-state index in [0.717, 1.165) is 5.56 Å². The molecule has 18 heavy (non-hydrogen) atoms. The van der Waals surface area contributed by atoms with Gasteiger partial charge in [0.1, 0.15) is 14.0 Å². The van der Waals surface area contributed by atoms with Crippen molar-refractivity contribution in [2.24, 2.45) is 0 Å². The quantitative estimate of drug-likeness (QED) is 0.831. The SMILES string of the molecule is [B]c1cnc(N)c(OC(C)c2ccccc2C)c1. The summed E-state index contributed by atoms with van der Waals surface area (Å²) in [5.41, 5.74) is 8.61. The van der Waals surface area contributed by atoms with E-state index in [9.17, 15) is 0 Å². The Morgan fingerprint density at radius 3 is 2.78 bits per heavy atom. The predicted octanol–water partition coefficient (Wildman–Crippen LogP) is 1.91. The molecular weight excluding hydrogens is 223 g/mol. The van der Waals surface area contributed by atoms with Crippen LogP contribution in [0.3, 0.4) is 0 Å². The van der Waals surface area contributed by atoms with E-state index in [2.05, 4.69) is 18.0 Å². The second-order valence-electron chi connectivity index (χ2n) is 4.27. The summed E-state index contributed by atoms with van der Waals surface area (Å²) in [6.45, 7) is 4.03. The largest absolute Gasteiger partial charge is 0.482 e. The van der Waals surface area contributed by atoms with Crippen molar-refractivity contribution in [3.63, 3.8) is 0 Å². The Balaban J connectivity index is 2.24. The van der Waals surface area contributed by atoms with Crippen molar-refractivity contribution in [2.75, 3.05) is 5.73 Å².